The molecule has 0 spiro atoms. The highest BCUT2D eigenvalue weighted by Crippen LogP contribution is 2.31. The Hall–Kier alpha value is -4.47. The number of hydrogen-bond acceptors (Lipinski definition) is 7. The van der Waals surface area contributed by atoms with Crippen LogP contribution in [0.3, 0.4) is 0 Å². The van der Waals surface area contributed by atoms with Crippen LogP contribution < -0.4 is 21.6 Å². The van der Waals surface area contributed by atoms with E-state index in [1.807, 2.05) is 0 Å². The van der Waals surface area contributed by atoms with E-state index in [1.54, 1.807) is 24.3 Å². The lowest BCUT2D eigenvalue weighted by molar-refractivity contribution is -0.137. The number of anilines is 2. The highest BCUT2D eigenvalue weighted by Gasteiger charge is 2.30. The van der Waals surface area contributed by atoms with E-state index in [2.05, 4.69) is 0 Å². The number of nitrogen functional groups attached to an aromatic ring is 2. The van der Waals surface area contributed by atoms with Crippen LogP contribution in [0.2, 0.25) is 0 Å². The first kappa shape index (κ1) is 27.6. The maximum absolute atomic E-state index is 12.8. The first-order valence-electron chi connectivity index (χ1n) is 12.3. The van der Waals surface area contributed by atoms with E-state index in [-0.39, 0.29) is 23.4 Å². The summed E-state index contributed by atoms with van der Waals surface area (Å²) < 4.78 is 55.4. The van der Waals surface area contributed by atoms with Crippen molar-refractivity contribution in [1.29, 1.82) is 0 Å². The summed E-state index contributed by atoms with van der Waals surface area (Å²) in [7, 11) is 0. The third kappa shape index (κ3) is 7.31. The molecule has 0 unspecified atom stereocenters. The molecule has 4 N–H and O–H groups in total. The van der Waals surface area contributed by atoms with E-state index in [4.69, 9.17) is 25.4 Å². The molecule has 3 aromatic carbocycles. The van der Waals surface area contributed by atoms with E-state index in [1.165, 1.54) is 30.3 Å². The summed E-state index contributed by atoms with van der Waals surface area (Å²) in [4.78, 5) is 24.6. The predicted molar refractivity (Wildman–Crippen MR) is 142 cm³/mol. The van der Waals surface area contributed by atoms with Gasteiger partial charge in [0.25, 0.3) is 0 Å². The van der Waals surface area contributed by atoms with Gasteiger partial charge in [-0.15, -0.1) is 0 Å². The lowest BCUT2D eigenvalue weighted by Crippen LogP contribution is -2.08. The lowest BCUT2D eigenvalue weighted by atomic mass is 10.1. The maximum atomic E-state index is 12.8. The SMILES string of the molecule is Nc1cc(N)cc(C(=O)OCCCCCCOc2ccc3c(=O)cc(-c4ccc(C(F)(F)F)cc4)oc3c2)c1. The number of unbranched alkanes of at least 4 members (excludes halogenated alkanes) is 3. The Morgan fingerprint density at radius 3 is 2.15 bits per heavy atom. The zero-order valence-corrected chi connectivity index (χ0v) is 20.9. The minimum atomic E-state index is -4.45. The van der Waals surface area contributed by atoms with Gasteiger partial charge in [-0.05, 0) is 68.1 Å². The highest BCUT2D eigenvalue weighted by atomic mass is 19.4. The highest BCUT2D eigenvalue weighted by molar-refractivity contribution is 5.91. The molecule has 0 saturated carbocycles. The summed E-state index contributed by atoms with van der Waals surface area (Å²) in [5.41, 5.74) is 12.0. The molecule has 0 radical (unpaired) electrons. The average molecular weight is 541 g/mol. The van der Waals surface area contributed by atoms with Crippen molar-refractivity contribution in [2.75, 3.05) is 24.7 Å². The second kappa shape index (κ2) is 11.9. The second-order valence-corrected chi connectivity index (χ2v) is 8.99. The molecule has 39 heavy (non-hydrogen) atoms. The molecule has 0 saturated heterocycles. The van der Waals surface area contributed by atoms with Crippen molar-refractivity contribution in [1.82, 2.24) is 0 Å². The number of ether oxygens (including phenoxy) is 2. The van der Waals surface area contributed by atoms with Gasteiger partial charge in [0.2, 0.25) is 0 Å². The number of nitrogens with two attached hydrogens (primary N) is 2. The monoisotopic (exact) mass is 540 g/mol. The number of hydrogen-bond donors (Lipinski definition) is 2. The standard InChI is InChI=1S/C29H27F3N2O5/c30-29(31,32)20-7-5-18(6-8-20)26-17-25(35)24-10-9-23(16-27(24)39-26)37-11-3-1-2-4-12-38-28(36)19-13-21(33)15-22(34)14-19/h5-10,13-17H,1-4,11-12,33-34H2. The van der Waals surface area contributed by atoms with Crippen molar-refractivity contribution in [3.63, 3.8) is 0 Å². The van der Waals surface area contributed by atoms with Crippen LogP contribution in [0.1, 0.15) is 41.6 Å². The molecular formula is C29H27F3N2O5. The fourth-order valence-electron chi connectivity index (χ4n) is 3.98. The largest absolute Gasteiger partial charge is 0.493 e. The van der Waals surface area contributed by atoms with Crippen molar-refractivity contribution >= 4 is 28.3 Å². The molecule has 0 bridgehead atoms. The number of benzene rings is 3. The molecule has 0 aliphatic carbocycles. The number of carbonyl (C=O) groups is 1. The Kier molecular flexibility index (Phi) is 8.43. The van der Waals surface area contributed by atoms with Gasteiger partial charge in [-0.1, -0.05) is 12.1 Å². The van der Waals surface area contributed by atoms with Crippen LogP contribution in [0.25, 0.3) is 22.3 Å². The number of fused-ring (bicyclic) bond motifs is 1. The van der Waals surface area contributed by atoms with Gasteiger partial charge in [0.1, 0.15) is 17.1 Å². The summed E-state index contributed by atoms with van der Waals surface area (Å²) in [6.45, 7) is 0.704. The van der Waals surface area contributed by atoms with Gasteiger partial charge < -0.3 is 25.4 Å². The quantitative estimate of drug-likeness (QED) is 0.135. The molecule has 0 atom stereocenters. The zero-order valence-electron chi connectivity index (χ0n) is 20.9. The number of alkyl halides is 3. The van der Waals surface area contributed by atoms with Gasteiger partial charge in [0.15, 0.2) is 5.43 Å². The van der Waals surface area contributed by atoms with E-state index >= 15 is 0 Å². The number of carbonyl (C=O) groups excluding carboxylic acids is 1. The van der Waals surface area contributed by atoms with Crippen LogP contribution in [0.15, 0.2) is 75.9 Å². The lowest BCUT2D eigenvalue weighted by Gasteiger charge is -2.09. The summed E-state index contributed by atoms with van der Waals surface area (Å²) in [6, 6.07) is 15.1. The van der Waals surface area contributed by atoms with Crippen LogP contribution >= 0.6 is 0 Å². The fourth-order valence-corrected chi connectivity index (χ4v) is 3.98. The third-order valence-corrected chi connectivity index (χ3v) is 5.95. The van der Waals surface area contributed by atoms with E-state index in [0.29, 0.717) is 46.7 Å². The molecule has 7 nitrogen and oxygen atoms in total. The molecule has 0 aliphatic rings. The van der Waals surface area contributed by atoms with Crippen molar-refractivity contribution in [3.8, 4) is 17.1 Å². The van der Waals surface area contributed by atoms with Gasteiger partial charge in [0.05, 0.1) is 29.7 Å². The van der Waals surface area contributed by atoms with Crippen LogP contribution in [-0.4, -0.2) is 19.2 Å². The summed E-state index contributed by atoms with van der Waals surface area (Å²) in [6.07, 6.45) is -1.32. The van der Waals surface area contributed by atoms with Crippen LogP contribution in [-0.2, 0) is 10.9 Å². The maximum Gasteiger partial charge on any atom is 0.416 e. The first-order chi connectivity index (χ1) is 18.6. The molecule has 4 rings (SSSR count). The molecule has 1 heterocycles. The summed E-state index contributed by atoms with van der Waals surface area (Å²) in [5, 5.41) is 0.341. The topological polar surface area (TPSA) is 118 Å². The van der Waals surface area contributed by atoms with E-state index in [9.17, 15) is 22.8 Å². The molecule has 0 aliphatic heterocycles. The third-order valence-electron chi connectivity index (χ3n) is 5.95. The van der Waals surface area contributed by atoms with Crippen LogP contribution in [0.4, 0.5) is 24.5 Å². The molecule has 10 heteroatoms. The Morgan fingerprint density at radius 2 is 1.49 bits per heavy atom. The minimum Gasteiger partial charge on any atom is -0.493 e. The molecule has 204 valence electrons. The molecule has 4 aromatic rings. The van der Waals surface area contributed by atoms with Gasteiger partial charge in [-0.2, -0.15) is 13.2 Å². The van der Waals surface area contributed by atoms with Gasteiger partial charge in [-0.25, -0.2) is 4.79 Å². The van der Waals surface area contributed by atoms with Crippen molar-refractivity contribution in [3.05, 3.63) is 88.1 Å². The van der Waals surface area contributed by atoms with Crippen molar-refractivity contribution in [2.24, 2.45) is 0 Å². The summed E-state index contributed by atoms with van der Waals surface area (Å²) in [5.74, 6) is 0.200. The molecule has 0 fully saturated rings. The molecular weight excluding hydrogens is 513 g/mol. The van der Waals surface area contributed by atoms with E-state index < -0.39 is 17.7 Å². The van der Waals surface area contributed by atoms with Gasteiger partial charge in [0, 0.05) is 29.1 Å². The second-order valence-electron chi connectivity index (χ2n) is 8.99. The van der Waals surface area contributed by atoms with Crippen LogP contribution in [0.5, 0.6) is 5.75 Å². The Labute approximate surface area is 222 Å². The van der Waals surface area contributed by atoms with E-state index in [0.717, 1.165) is 31.4 Å². The smallest absolute Gasteiger partial charge is 0.416 e. The number of halogens is 3. The Balaban J connectivity index is 1.25. The van der Waals surface area contributed by atoms with Gasteiger partial charge in [-0.3, -0.25) is 4.79 Å². The molecule has 0 amide bonds. The van der Waals surface area contributed by atoms with Crippen LogP contribution in [0, 0.1) is 0 Å². The summed E-state index contributed by atoms with van der Waals surface area (Å²) >= 11 is 0. The number of esters is 1. The Morgan fingerprint density at radius 1 is 0.821 bits per heavy atom. The minimum absolute atomic E-state index is 0.165. The Bertz CT molecular complexity index is 1490. The van der Waals surface area contributed by atoms with Crippen molar-refractivity contribution < 1.29 is 31.9 Å². The average Bonchev–Trinajstić information content (AvgIpc) is 2.89. The normalized spacial score (nSPS) is 11.5. The molecule has 1 aromatic heterocycles. The zero-order chi connectivity index (χ0) is 28.0. The van der Waals surface area contributed by atoms with Crippen molar-refractivity contribution in [2.45, 2.75) is 31.9 Å². The predicted octanol–water partition coefficient (Wildman–Crippen LogP) is 6.44. The number of rotatable bonds is 10. The van der Waals surface area contributed by atoms with Gasteiger partial charge >= 0.3 is 12.1 Å². The fraction of sp³-hybridized carbons (Fsp3) is 0.241. The first-order valence-corrected chi connectivity index (χ1v) is 12.3.